The van der Waals surface area contributed by atoms with Crippen molar-refractivity contribution >= 4 is 5.91 Å². The lowest BCUT2D eigenvalue weighted by Gasteiger charge is -2.20. The van der Waals surface area contributed by atoms with Gasteiger partial charge in [0.25, 0.3) is 0 Å². The fourth-order valence-corrected chi connectivity index (χ4v) is 2.64. The van der Waals surface area contributed by atoms with Crippen LogP contribution in [0.4, 0.5) is 0 Å². The molecule has 1 fully saturated rings. The van der Waals surface area contributed by atoms with E-state index in [9.17, 15) is 4.79 Å². The van der Waals surface area contributed by atoms with Gasteiger partial charge in [0.05, 0.1) is 0 Å². The molecule has 4 nitrogen and oxygen atoms in total. The molecule has 0 aromatic carbocycles. The molecule has 1 aliphatic rings. The number of likely N-dealkylation sites (N-methyl/N-ethyl adjacent to an activating group) is 1. The van der Waals surface area contributed by atoms with E-state index in [-0.39, 0.29) is 5.91 Å². The lowest BCUT2D eigenvalue weighted by molar-refractivity contribution is -0.122. The molecule has 1 rings (SSSR count). The standard InChI is InChI=1S/C15H31N3O/c1-4-18(14-5-6-14)8-7-17-15(19)10-13(11-16)9-12(2)3/h12-14H,4-11,16H2,1-3H3,(H,17,19). The zero-order valence-electron chi connectivity index (χ0n) is 12.8. The molecular weight excluding hydrogens is 238 g/mol. The van der Waals surface area contributed by atoms with E-state index < -0.39 is 0 Å². The Labute approximate surface area is 118 Å². The van der Waals surface area contributed by atoms with Gasteiger partial charge in [0.1, 0.15) is 0 Å². The Bertz CT molecular complexity index is 264. The van der Waals surface area contributed by atoms with Gasteiger partial charge in [-0.25, -0.2) is 0 Å². The number of hydrogen-bond donors (Lipinski definition) is 2. The minimum Gasteiger partial charge on any atom is -0.355 e. The van der Waals surface area contributed by atoms with Crippen molar-refractivity contribution in [2.45, 2.75) is 52.5 Å². The molecule has 4 heteroatoms. The van der Waals surface area contributed by atoms with E-state index >= 15 is 0 Å². The lowest BCUT2D eigenvalue weighted by Crippen LogP contribution is -2.37. The van der Waals surface area contributed by atoms with Crippen LogP contribution >= 0.6 is 0 Å². The molecule has 0 saturated heterocycles. The summed E-state index contributed by atoms with van der Waals surface area (Å²) in [4.78, 5) is 14.3. The van der Waals surface area contributed by atoms with Gasteiger partial charge in [0.2, 0.25) is 5.91 Å². The Morgan fingerprint density at radius 2 is 2.11 bits per heavy atom. The Hall–Kier alpha value is -0.610. The van der Waals surface area contributed by atoms with Crippen LogP contribution in [0.1, 0.15) is 46.5 Å². The van der Waals surface area contributed by atoms with Gasteiger partial charge < -0.3 is 11.1 Å². The SMILES string of the molecule is CCN(CCNC(=O)CC(CN)CC(C)C)C1CC1. The third kappa shape index (κ3) is 6.92. The molecule has 1 saturated carbocycles. The van der Waals surface area contributed by atoms with Gasteiger partial charge >= 0.3 is 0 Å². The number of nitrogens with one attached hydrogen (secondary N) is 1. The topological polar surface area (TPSA) is 58.4 Å². The number of nitrogens with zero attached hydrogens (tertiary/aromatic N) is 1. The zero-order chi connectivity index (χ0) is 14.3. The van der Waals surface area contributed by atoms with Gasteiger partial charge in [-0.3, -0.25) is 9.69 Å². The molecule has 19 heavy (non-hydrogen) atoms. The summed E-state index contributed by atoms with van der Waals surface area (Å²) in [5, 5.41) is 3.03. The molecule has 1 amide bonds. The monoisotopic (exact) mass is 269 g/mol. The quantitative estimate of drug-likeness (QED) is 0.633. The second-order valence-electron chi connectivity index (χ2n) is 6.15. The van der Waals surface area contributed by atoms with Gasteiger partial charge in [0.15, 0.2) is 0 Å². The molecule has 0 aromatic rings. The van der Waals surface area contributed by atoms with Crippen molar-refractivity contribution in [1.29, 1.82) is 0 Å². The molecule has 1 unspecified atom stereocenters. The molecule has 1 atom stereocenters. The second-order valence-corrected chi connectivity index (χ2v) is 6.15. The molecule has 0 bridgehead atoms. The average molecular weight is 269 g/mol. The molecular formula is C15H31N3O. The Kier molecular flexibility index (Phi) is 7.39. The molecule has 112 valence electrons. The highest BCUT2D eigenvalue weighted by Crippen LogP contribution is 2.25. The highest BCUT2D eigenvalue weighted by molar-refractivity contribution is 5.76. The van der Waals surface area contributed by atoms with Crippen LogP contribution in [0, 0.1) is 11.8 Å². The van der Waals surface area contributed by atoms with E-state index in [1.54, 1.807) is 0 Å². The van der Waals surface area contributed by atoms with Gasteiger partial charge in [-0.15, -0.1) is 0 Å². The van der Waals surface area contributed by atoms with Gasteiger partial charge in [-0.05, 0) is 44.2 Å². The molecule has 0 aliphatic heterocycles. The summed E-state index contributed by atoms with van der Waals surface area (Å²) in [7, 11) is 0. The third-order valence-electron chi connectivity index (χ3n) is 3.80. The molecule has 0 radical (unpaired) electrons. The Morgan fingerprint density at radius 1 is 1.42 bits per heavy atom. The minimum absolute atomic E-state index is 0.156. The number of amides is 1. The van der Waals surface area contributed by atoms with Gasteiger partial charge in [0, 0.05) is 25.6 Å². The minimum atomic E-state index is 0.156. The van der Waals surface area contributed by atoms with Crippen molar-refractivity contribution in [3.8, 4) is 0 Å². The van der Waals surface area contributed by atoms with Crippen molar-refractivity contribution in [2.75, 3.05) is 26.2 Å². The van der Waals surface area contributed by atoms with Crippen molar-refractivity contribution < 1.29 is 4.79 Å². The van der Waals surface area contributed by atoms with E-state index in [4.69, 9.17) is 5.73 Å². The van der Waals surface area contributed by atoms with Crippen LogP contribution in [-0.2, 0) is 4.79 Å². The van der Waals surface area contributed by atoms with Crippen LogP contribution in [0.3, 0.4) is 0 Å². The van der Waals surface area contributed by atoms with Crippen LogP contribution in [0.2, 0.25) is 0 Å². The van der Waals surface area contributed by atoms with Gasteiger partial charge in [-0.1, -0.05) is 20.8 Å². The third-order valence-corrected chi connectivity index (χ3v) is 3.80. The van der Waals surface area contributed by atoms with E-state index in [1.165, 1.54) is 12.8 Å². The highest BCUT2D eigenvalue weighted by Gasteiger charge is 2.27. The number of carbonyl (C=O) groups excluding carboxylic acids is 1. The molecule has 0 heterocycles. The number of rotatable bonds is 10. The first-order valence-corrected chi connectivity index (χ1v) is 7.77. The maximum absolute atomic E-state index is 11.9. The largest absolute Gasteiger partial charge is 0.355 e. The first-order chi connectivity index (χ1) is 9.06. The number of hydrogen-bond acceptors (Lipinski definition) is 3. The highest BCUT2D eigenvalue weighted by atomic mass is 16.1. The average Bonchev–Trinajstić information content (AvgIpc) is 3.17. The molecule has 0 aromatic heterocycles. The lowest BCUT2D eigenvalue weighted by atomic mass is 9.94. The predicted octanol–water partition coefficient (Wildman–Crippen LogP) is 1.60. The first kappa shape index (κ1) is 16.4. The van der Waals surface area contributed by atoms with Crippen LogP contribution < -0.4 is 11.1 Å². The maximum atomic E-state index is 11.9. The summed E-state index contributed by atoms with van der Waals surface area (Å²) >= 11 is 0. The summed E-state index contributed by atoms with van der Waals surface area (Å²) in [6, 6.07) is 0.777. The van der Waals surface area contributed by atoms with Gasteiger partial charge in [-0.2, -0.15) is 0 Å². The van der Waals surface area contributed by atoms with Crippen LogP contribution in [0.5, 0.6) is 0 Å². The fourth-order valence-electron chi connectivity index (χ4n) is 2.64. The van der Waals surface area contributed by atoms with Crippen molar-refractivity contribution in [1.82, 2.24) is 10.2 Å². The Balaban J connectivity index is 2.15. The fraction of sp³-hybridized carbons (Fsp3) is 0.933. The normalized spacial score (nSPS) is 16.9. The van der Waals surface area contributed by atoms with E-state index in [0.717, 1.165) is 32.1 Å². The smallest absolute Gasteiger partial charge is 0.220 e. The zero-order valence-corrected chi connectivity index (χ0v) is 12.8. The second kappa shape index (κ2) is 8.54. The number of carbonyl (C=O) groups is 1. The van der Waals surface area contributed by atoms with E-state index in [2.05, 4.69) is 31.0 Å². The van der Waals surface area contributed by atoms with Crippen molar-refractivity contribution in [3.63, 3.8) is 0 Å². The predicted molar refractivity (Wildman–Crippen MR) is 79.9 cm³/mol. The van der Waals surface area contributed by atoms with E-state index in [1.807, 2.05) is 0 Å². The summed E-state index contributed by atoms with van der Waals surface area (Å²) in [6.45, 7) is 9.97. The van der Waals surface area contributed by atoms with Crippen molar-refractivity contribution in [3.05, 3.63) is 0 Å². The van der Waals surface area contributed by atoms with Crippen LogP contribution in [0.15, 0.2) is 0 Å². The van der Waals surface area contributed by atoms with Crippen LogP contribution in [0.25, 0.3) is 0 Å². The summed E-state index contributed by atoms with van der Waals surface area (Å²) < 4.78 is 0. The first-order valence-electron chi connectivity index (χ1n) is 7.77. The number of nitrogens with two attached hydrogens (primary N) is 1. The molecule has 3 N–H and O–H groups in total. The van der Waals surface area contributed by atoms with E-state index in [0.29, 0.717) is 24.8 Å². The maximum Gasteiger partial charge on any atom is 0.220 e. The summed E-state index contributed by atoms with van der Waals surface area (Å²) in [6.07, 6.45) is 4.26. The van der Waals surface area contributed by atoms with Crippen molar-refractivity contribution in [2.24, 2.45) is 17.6 Å². The Morgan fingerprint density at radius 3 is 2.58 bits per heavy atom. The molecule has 0 spiro atoms. The van der Waals surface area contributed by atoms with Crippen LogP contribution in [-0.4, -0.2) is 43.0 Å². The molecule has 1 aliphatic carbocycles. The summed E-state index contributed by atoms with van der Waals surface area (Å²) in [5.41, 5.74) is 5.73. The summed E-state index contributed by atoms with van der Waals surface area (Å²) in [5.74, 6) is 1.08.